The predicted octanol–water partition coefficient (Wildman–Crippen LogP) is 4.00. The van der Waals surface area contributed by atoms with Crippen LogP contribution in [-0.2, 0) is 14.3 Å². The fraction of sp³-hybridized carbons (Fsp3) is 0.455. The Morgan fingerprint density at radius 1 is 1.33 bits per heavy atom. The smallest absolute Gasteiger partial charge is 0.356 e. The molecule has 30 heavy (non-hydrogen) atoms. The molecule has 0 radical (unpaired) electrons. The monoisotopic (exact) mass is 451 g/mol. The minimum Gasteiger partial charge on any atom is -0.459 e. The highest BCUT2D eigenvalue weighted by atomic mass is 35.5. The molecule has 0 aromatic heterocycles. The van der Waals surface area contributed by atoms with E-state index in [1.165, 1.54) is 0 Å². The van der Waals surface area contributed by atoms with Crippen LogP contribution in [0, 0.1) is 11.3 Å². The highest BCUT2D eigenvalue weighted by Crippen LogP contribution is 2.29. The van der Waals surface area contributed by atoms with Crippen LogP contribution >= 0.6 is 23.2 Å². The number of benzene rings is 1. The largest absolute Gasteiger partial charge is 0.459 e. The van der Waals surface area contributed by atoms with Crippen molar-refractivity contribution in [3.8, 4) is 0 Å². The molecule has 1 aromatic rings. The average molecular weight is 452 g/mol. The van der Waals surface area contributed by atoms with E-state index < -0.39 is 5.97 Å². The summed E-state index contributed by atoms with van der Waals surface area (Å²) in [6.45, 7) is 5.85. The van der Waals surface area contributed by atoms with Crippen LogP contribution in [0.15, 0.2) is 46.5 Å². The van der Waals surface area contributed by atoms with E-state index in [0.29, 0.717) is 41.1 Å². The number of nitrogens with one attached hydrogen (secondary N) is 2. The van der Waals surface area contributed by atoms with Gasteiger partial charge in [0.1, 0.15) is 12.3 Å². The van der Waals surface area contributed by atoms with Crippen LogP contribution in [0.2, 0.25) is 0 Å². The van der Waals surface area contributed by atoms with Gasteiger partial charge in [-0.3, -0.25) is 10.3 Å². The standard InChI is InChI=1S/C22H27Cl2N3O3/c1-15(27-8-10-29-11-9-27)14-30-22(28)21(25)18-4-2-3-5-20(18)26-13-16-6-7-17(23)12-19(16)24/h2-5,7,12,15-16,25-26H,6,8-11,13-14H2,1H3. The summed E-state index contributed by atoms with van der Waals surface area (Å²) in [5.74, 6) is -0.535. The van der Waals surface area contributed by atoms with Crippen molar-refractivity contribution >= 4 is 40.6 Å². The van der Waals surface area contributed by atoms with Crippen molar-refractivity contribution in [1.82, 2.24) is 4.90 Å². The summed E-state index contributed by atoms with van der Waals surface area (Å²) in [6.07, 6.45) is 4.42. The Morgan fingerprint density at radius 3 is 2.80 bits per heavy atom. The Labute approximate surface area is 187 Å². The number of rotatable bonds is 8. The second kappa shape index (κ2) is 11.0. The molecule has 1 aromatic carbocycles. The van der Waals surface area contributed by atoms with E-state index in [4.69, 9.17) is 38.1 Å². The van der Waals surface area contributed by atoms with Gasteiger partial charge in [-0.15, -0.1) is 0 Å². The second-order valence-corrected chi connectivity index (χ2v) is 8.32. The molecule has 8 heteroatoms. The van der Waals surface area contributed by atoms with E-state index in [9.17, 15) is 4.79 Å². The van der Waals surface area contributed by atoms with E-state index >= 15 is 0 Å². The number of hydrogen-bond donors (Lipinski definition) is 2. The highest BCUT2D eigenvalue weighted by Gasteiger charge is 2.22. The molecule has 2 aliphatic rings. The summed E-state index contributed by atoms with van der Waals surface area (Å²) >= 11 is 12.3. The zero-order valence-corrected chi connectivity index (χ0v) is 18.5. The number of hydrogen-bond acceptors (Lipinski definition) is 6. The van der Waals surface area contributed by atoms with Crippen molar-refractivity contribution in [2.45, 2.75) is 19.4 Å². The molecule has 0 spiro atoms. The molecule has 0 bridgehead atoms. The zero-order valence-electron chi connectivity index (χ0n) is 17.0. The Morgan fingerprint density at radius 2 is 2.07 bits per heavy atom. The van der Waals surface area contributed by atoms with E-state index in [0.717, 1.165) is 19.5 Å². The number of anilines is 1. The molecule has 1 aliphatic carbocycles. The number of morpholine rings is 1. The first-order chi connectivity index (χ1) is 14.5. The first-order valence-corrected chi connectivity index (χ1v) is 10.8. The lowest BCUT2D eigenvalue weighted by Crippen LogP contribution is -2.44. The zero-order chi connectivity index (χ0) is 21.5. The van der Waals surface area contributed by atoms with Crippen LogP contribution in [0.3, 0.4) is 0 Å². The number of nitrogens with zero attached hydrogens (tertiary/aromatic N) is 1. The molecule has 162 valence electrons. The summed E-state index contributed by atoms with van der Waals surface area (Å²) in [5.41, 5.74) is 1.04. The number of para-hydroxylation sites is 1. The molecule has 2 N–H and O–H groups in total. The number of esters is 1. The fourth-order valence-electron chi connectivity index (χ4n) is 3.45. The van der Waals surface area contributed by atoms with Crippen LogP contribution in [0.25, 0.3) is 0 Å². The van der Waals surface area contributed by atoms with Gasteiger partial charge in [-0.25, -0.2) is 4.79 Å². The second-order valence-electron chi connectivity index (χ2n) is 7.45. The number of ether oxygens (including phenoxy) is 2. The topological polar surface area (TPSA) is 74.7 Å². The summed E-state index contributed by atoms with van der Waals surface area (Å²) in [7, 11) is 0. The van der Waals surface area contributed by atoms with Crippen molar-refractivity contribution < 1.29 is 14.3 Å². The third-order valence-electron chi connectivity index (χ3n) is 5.33. The number of allylic oxidation sites excluding steroid dienone is 3. The molecule has 2 unspecified atom stereocenters. The number of carbonyl (C=O) groups is 1. The van der Waals surface area contributed by atoms with Gasteiger partial charge in [-0.2, -0.15) is 0 Å². The van der Waals surface area contributed by atoms with E-state index in [2.05, 4.69) is 10.2 Å². The lowest BCUT2D eigenvalue weighted by Gasteiger charge is -2.31. The van der Waals surface area contributed by atoms with Crippen molar-refractivity contribution in [2.75, 3.05) is 44.8 Å². The van der Waals surface area contributed by atoms with Crippen molar-refractivity contribution in [2.24, 2.45) is 5.92 Å². The minimum absolute atomic E-state index is 0.0825. The highest BCUT2D eigenvalue weighted by molar-refractivity contribution is 6.43. The molecular weight excluding hydrogens is 425 g/mol. The Kier molecular flexibility index (Phi) is 8.33. The van der Waals surface area contributed by atoms with Crippen LogP contribution in [0.4, 0.5) is 5.69 Å². The normalized spacial score (nSPS) is 20.7. The molecule has 2 atom stereocenters. The molecule has 1 aliphatic heterocycles. The minimum atomic E-state index is -0.630. The van der Waals surface area contributed by atoms with E-state index in [-0.39, 0.29) is 24.3 Å². The van der Waals surface area contributed by atoms with Crippen molar-refractivity contribution in [1.29, 1.82) is 5.41 Å². The van der Waals surface area contributed by atoms with Crippen LogP contribution in [-0.4, -0.2) is 62.1 Å². The summed E-state index contributed by atoms with van der Waals surface area (Å²) < 4.78 is 10.8. The SMILES string of the molecule is CC(COC(=O)C(=N)c1ccccc1NCC1CC=C(Cl)C=C1Cl)N1CCOCC1. The van der Waals surface area contributed by atoms with Gasteiger partial charge < -0.3 is 14.8 Å². The predicted molar refractivity (Wildman–Crippen MR) is 121 cm³/mol. The van der Waals surface area contributed by atoms with Gasteiger partial charge in [-0.05, 0) is 25.5 Å². The molecule has 1 saturated heterocycles. The maximum absolute atomic E-state index is 12.5. The van der Waals surface area contributed by atoms with Gasteiger partial charge >= 0.3 is 5.97 Å². The summed E-state index contributed by atoms with van der Waals surface area (Å²) in [5, 5.41) is 13.0. The molecule has 6 nitrogen and oxygen atoms in total. The lowest BCUT2D eigenvalue weighted by atomic mass is 9.99. The molecule has 1 fully saturated rings. The Hall–Kier alpha value is -1.86. The molecular formula is C22H27Cl2N3O3. The lowest BCUT2D eigenvalue weighted by molar-refractivity contribution is -0.137. The fourth-order valence-corrected chi connectivity index (χ4v) is 3.99. The van der Waals surface area contributed by atoms with E-state index in [1.54, 1.807) is 18.2 Å². The summed E-state index contributed by atoms with van der Waals surface area (Å²) in [6, 6.07) is 7.33. The third kappa shape index (κ3) is 6.08. The first kappa shape index (κ1) is 22.8. The van der Waals surface area contributed by atoms with Crippen LogP contribution in [0.5, 0.6) is 0 Å². The quantitative estimate of drug-likeness (QED) is 0.461. The maximum atomic E-state index is 12.5. The molecule has 0 saturated carbocycles. The van der Waals surface area contributed by atoms with E-state index in [1.807, 2.05) is 25.1 Å². The van der Waals surface area contributed by atoms with Gasteiger partial charge in [0.05, 0.1) is 13.2 Å². The average Bonchev–Trinajstić information content (AvgIpc) is 2.77. The number of carbonyl (C=O) groups excluding carboxylic acids is 1. The van der Waals surface area contributed by atoms with Crippen LogP contribution in [0.1, 0.15) is 18.9 Å². The molecule has 0 amide bonds. The van der Waals surface area contributed by atoms with Crippen molar-refractivity contribution in [3.05, 3.63) is 52.0 Å². The Balaban J connectivity index is 1.56. The van der Waals surface area contributed by atoms with Gasteiger partial charge in [0.2, 0.25) is 0 Å². The summed E-state index contributed by atoms with van der Waals surface area (Å²) in [4.78, 5) is 14.7. The maximum Gasteiger partial charge on any atom is 0.356 e. The van der Waals surface area contributed by atoms with Gasteiger partial charge in [0.15, 0.2) is 0 Å². The van der Waals surface area contributed by atoms with Crippen LogP contribution < -0.4 is 5.32 Å². The Bertz CT molecular complexity index is 835. The molecule has 3 rings (SSSR count). The van der Waals surface area contributed by atoms with Crippen molar-refractivity contribution in [3.63, 3.8) is 0 Å². The third-order valence-corrected chi connectivity index (χ3v) is 6.01. The first-order valence-electron chi connectivity index (χ1n) is 10.1. The number of halogens is 2. The van der Waals surface area contributed by atoms with Gasteiger partial charge in [0.25, 0.3) is 0 Å². The molecule has 1 heterocycles. The van der Waals surface area contributed by atoms with Gasteiger partial charge in [0, 0.05) is 52.9 Å². The van der Waals surface area contributed by atoms with Gasteiger partial charge in [-0.1, -0.05) is 47.5 Å².